The first-order valence-corrected chi connectivity index (χ1v) is 12.3. The Morgan fingerprint density at radius 2 is 1.94 bits per heavy atom. The average molecular weight is 370 g/mol. The normalized spacial score (nSPS) is 14.2. The van der Waals surface area contributed by atoms with Crippen molar-refractivity contribution in [1.82, 2.24) is 0 Å². The predicted octanol–water partition coefficient (Wildman–Crippen LogP) is -1.12. The zero-order valence-corrected chi connectivity index (χ0v) is 15.3. The second-order valence-electron chi connectivity index (χ2n) is 3.64. The van der Waals surface area contributed by atoms with Gasteiger partial charge in [0.05, 0.1) is 0 Å². The standard InChI is InChI=1S/C6H9P2.C5H5.2ClH.Zr/c1-4-5(2)7-8-6(4)3;1-2-4-5-3-1;;;/h1-3H3;1-3H,4H2;2*1H;/q-1;;;;+3/p-2. The van der Waals surface area contributed by atoms with E-state index < -0.39 is 0 Å². The van der Waals surface area contributed by atoms with Crippen LogP contribution in [0.5, 0.6) is 0 Å². The first-order valence-electron chi connectivity index (χ1n) is 4.84. The van der Waals surface area contributed by atoms with E-state index in [1.54, 1.807) is 27.3 Å². The van der Waals surface area contributed by atoms with Crippen LogP contribution in [0.15, 0.2) is 21.5 Å². The molecule has 5 heteroatoms. The molecule has 86 valence electrons. The number of rotatable bonds is 2. The van der Waals surface area contributed by atoms with Crippen molar-refractivity contribution in [2.45, 2.75) is 27.2 Å². The number of hydrogen-bond donors (Lipinski definition) is 0. The fraction of sp³-hybridized carbons (Fsp3) is 0.364. The zero-order chi connectivity index (χ0) is 10.1. The van der Waals surface area contributed by atoms with Gasteiger partial charge in [-0.05, 0) is 0 Å². The quantitative estimate of drug-likeness (QED) is 0.619. The maximum atomic E-state index is 2.38. The van der Waals surface area contributed by atoms with Crippen molar-refractivity contribution in [1.29, 1.82) is 0 Å². The Balaban J connectivity index is 0.00000112. The molecule has 0 fully saturated rings. The number of hydrogen-bond acceptors (Lipinski definition) is 0. The smallest absolute Gasteiger partial charge is 1.00 e. The fourth-order valence-electron chi connectivity index (χ4n) is 1.50. The minimum absolute atomic E-state index is 0. The maximum Gasteiger partial charge on any atom is -1.00 e. The summed E-state index contributed by atoms with van der Waals surface area (Å²) in [5, 5.41) is 3.39. The van der Waals surface area contributed by atoms with Gasteiger partial charge in [-0.2, -0.15) is 0 Å². The number of halogens is 2. The van der Waals surface area contributed by atoms with Crippen molar-refractivity contribution in [2.24, 2.45) is 0 Å². The van der Waals surface area contributed by atoms with Gasteiger partial charge >= 0.3 is 99.9 Å². The van der Waals surface area contributed by atoms with E-state index in [0.29, 0.717) is 0 Å². The van der Waals surface area contributed by atoms with Gasteiger partial charge in [0.1, 0.15) is 0 Å². The van der Waals surface area contributed by atoms with E-state index in [2.05, 4.69) is 39.0 Å². The van der Waals surface area contributed by atoms with Crippen LogP contribution < -0.4 is 24.8 Å². The molecule has 1 aromatic rings. The van der Waals surface area contributed by atoms with Gasteiger partial charge in [-0.3, -0.25) is 0 Å². The van der Waals surface area contributed by atoms with Gasteiger partial charge in [0, 0.05) is 0 Å². The molecule has 0 spiro atoms. The molecule has 1 aromatic heterocycles. The molecular formula is C11H14Cl2P2Zr. The SMILES string of the molecule is Cc1p[p]([Zr+2][C]2=CC=CC2)c(C)c1C.[Cl-].[Cl-]. The van der Waals surface area contributed by atoms with E-state index in [0.717, 1.165) is 0 Å². The first-order chi connectivity index (χ1) is 6.68. The number of allylic oxidation sites excluding steroid dienone is 4. The van der Waals surface area contributed by atoms with Crippen molar-refractivity contribution in [2.75, 3.05) is 0 Å². The fourth-order valence-corrected chi connectivity index (χ4v) is 18.8. The summed E-state index contributed by atoms with van der Waals surface area (Å²) in [7, 11) is 1.68. The Morgan fingerprint density at radius 1 is 1.25 bits per heavy atom. The van der Waals surface area contributed by atoms with E-state index in [9.17, 15) is 0 Å². The van der Waals surface area contributed by atoms with Crippen LogP contribution in [0.25, 0.3) is 0 Å². The summed E-state index contributed by atoms with van der Waals surface area (Å²) in [6, 6.07) is 0. The second-order valence-corrected chi connectivity index (χ2v) is 17.1. The zero-order valence-electron chi connectivity index (χ0n) is 9.59. The number of aryl methyl sites for hydroxylation is 1. The Kier molecular flexibility index (Phi) is 8.10. The summed E-state index contributed by atoms with van der Waals surface area (Å²) in [6.45, 7) is 6.98. The third-order valence-corrected chi connectivity index (χ3v) is 18.4. The molecule has 0 amide bonds. The van der Waals surface area contributed by atoms with Crippen LogP contribution in [0, 0.1) is 20.8 Å². The van der Waals surface area contributed by atoms with Crippen LogP contribution in [0.2, 0.25) is 0 Å². The van der Waals surface area contributed by atoms with E-state index >= 15 is 0 Å². The summed E-state index contributed by atoms with van der Waals surface area (Å²) < 4.78 is 2.08. The van der Waals surface area contributed by atoms with Crippen LogP contribution in [-0.4, -0.2) is 0 Å². The molecule has 1 aliphatic rings. The molecular weight excluding hydrogens is 356 g/mol. The summed E-state index contributed by atoms with van der Waals surface area (Å²) in [6.07, 6.45) is 8.19. The Morgan fingerprint density at radius 3 is 2.38 bits per heavy atom. The molecule has 0 aromatic carbocycles. The summed E-state index contributed by atoms with van der Waals surface area (Å²) in [4.78, 5) is 0. The van der Waals surface area contributed by atoms with Gasteiger partial charge in [-0.15, -0.1) is 0 Å². The van der Waals surface area contributed by atoms with Crippen molar-refractivity contribution >= 4 is 12.4 Å². The van der Waals surface area contributed by atoms with Crippen LogP contribution in [0.3, 0.4) is 0 Å². The van der Waals surface area contributed by atoms with Crippen LogP contribution in [0.4, 0.5) is 0 Å². The molecule has 2 rings (SSSR count). The molecule has 1 heterocycles. The first kappa shape index (κ1) is 17.2. The van der Waals surface area contributed by atoms with E-state index in [4.69, 9.17) is 0 Å². The van der Waals surface area contributed by atoms with Crippen molar-refractivity contribution in [3.63, 3.8) is 0 Å². The van der Waals surface area contributed by atoms with Gasteiger partial charge in [-0.25, -0.2) is 0 Å². The monoisotopic (exact) mass is 368 g/mol. The third kappa shape index (κ3) is 3.83. The molecule has 0 N–H and O–H groups in total. The van der Waals surface area contributed by atoms with Gasteiger partial charge in [0.2, 0.25) is 0 Å². The van der Waals surface area contributed by atoms with Crippen molar-refractivity contribution < 1.29 is 47.5 Å². The van der Waals surface area contributed by atoms with E-state index in [1.165, 1.54) is 6.42 Å². The topological polar surface area (TPSA) is 0 Å². The van der Waals surface area contributed by atoms with Gasteiger partial charge in [-0.1, -0.05) is 0 Å². The molecule has 0 aliphatic heterocycles. The van der Waals surface area contributed by atoms with Crippen molar-refractivity contribution in [3.8, 4) is 0 Å². The summed E-state index contributed by atoms with van der Waals surface area (Å²) >= 11 is -0.265. The summed E-state index contributed by atoms with van der Waals surface area (Å²) in [5.41, 5.74) is 1.62. The van der Waals surface area contributed by atoms with Gasteiger partial charge in [0.25, 0.3) is 0 Å². The van der Waals surface area contributed by atoms with E-state index in [1.807, 2.05) is 0 Å². The predicted molar refractivity (Wildman–Crippen MR) is 63.1 cm³/mol. The Labute approximate surface area is 124 Å². The molecule has 1 atom stereocenters. The molecule has 0 bridgehead atoms. The minimum atomic E-state index is -0.265. The third-order valence-electron chi connectivity index (χ3n) is 2.67. The van der Waals surface area contributed by atoms with Crippen molar-refractivity contribution in [3.05, 3.63) is 37.7 Å². The van der Waals surface area contributed by atoms with Crippen LogP contribution >= 0.6 is 12.4 Å². The average Bonchev–Trinajstić information content (AvgIpc) is 2.73. The van der Waals surface area contributed by atoms with Gasteiger partial charge in [0.15, 0.2) is 0 Å². The second kappa shape index (κ2) is 7.56. The molecule has 0 radical (unpaired) electrons. The molecule has 0 saturated carbocycles. The minimum Gasteiger partial charge on any atom is -1.00 e. The van der Waals surface area contributed by atoms with Gasteiger partial charge < -0.3 is 24.8 Å². The largest absolute Gasteiger partial charge is 1.00 e. The van der Waals surface area contributed by atoms with Crippen LogP contribution in [-0.2, 0) is 22.7 Å². The molecule has 0 saturated heterocycles. The summed E-state index contributed by atoms with van der Waals surface area (Å²) in [5.74, 6) is 0. The maximum absolute atomic E-state index is 2.38. The van der Waals surface area contributed by atoms with Crippen LogP contribution in [0.1, 0.15) is 22.6 Å². The molecule has 0 nitrogen and oxygen atoms in total. The Bertz CT molecular complexity index is 422. The molecule has 1 unspecified atom stereocenters. The molecule has 16 heavy (non-hydrogen) atoms. The van der Waals surface area contributed by atoms with E-state index in [-0.39, 0.29) is 52.0 Å². The Hall–Kier alpha value is 1.15. The molecule has 1 aliphatic carbocycles.